The van der Waals surface area contributed by atoms with E-state index in [1.54, 1.807) is 0 Å². The fraction of sp³-hybridized carbons (Fsp3) is 0.400. The zero-order valence-electron chi connectivity index (χ0n) is 14.0. The number of hydrogen-bond acceptors (Lipinski definition) is 11. The smallest absolute Gasteiger partial charge is 0.731 e. The molecule has 14 nitrogen and oxygen atoms in total. The topological polar surface area (TPSA) is 216 Å². The molecular formula is C10H11N8NaO6S2. The number of rotatable bonds is 7. The summed E-state index contributed by atoms with van der Waals surface area (Å²) in [6, 6.07) is -2.76. The molecule has 2 amide bonds. The predicted molar refractivity (Wildman–Crippen MR) is 86.3 cm³/mol. The van der Waals surface area contributed by atoms with Crippen LogP contribution in [0.2, 0.25) is 0 Å². The van der Waals surface area contributed by atoms with Crippen LogP contribution in [0.15, 0.2) is 15.7 Å². The first kappa shape index (κ1) is 23.1. The Kier molecular flexibility index (Phi) is 7.97. The molecule has 1 aliphatic heterocycles. The Hall–Kier alpha value is -1.94. The maximum Gasteiger partial charge on any atom is 1.00 e. The van der Waals surface area contributed by atoms with Crippen molar-refractivity contribution in [2.24, 2.45) is 10.3 Å². The Morgan fingerprint density at radius 1 is 1.63 bits per heavy atom. The molecule has 0 aliphatic carbocycles. The Bertz CT molecular complexity index is 911. The van der Waals surface area contributed by atoms with Crippen molar-refractivity contribution in [1.29, 1.82) is 0 Å². The van der Waals surface area contributed by atoms with Crippen molar-refractivity contribution in [1.82, 2.24) is 14.6 Å². The van der Waals surface area contributed by atoms with Gasteiger partial charge in [0.2, 0.25) is 0 Å². The molecule has 0 radical (unpaired) electrons. The van der Waals surface area contributed by atoms with Crippen LogP contribution in [0.4, 0.5) is 5.13 Å². The van der Waals surface area contributed by atoms with Gasteiger partial charge in [-0.3, -0.25) is 9.59 Å². The second kappa shape index (κ2) is 9.32. The number of nitrogens with two attached hydrogens (primary N) is 1. The van der Waals surface area contributed by atoms with Crippen molar-refractivity contribution < 1.29 is 57.0 Å². The SMILES string of the molecule is CON=C(C(=O)N[C@@H]1C(=O)N(S(=O)(=O)[O-])[C@@H]1CN=[N+]=[N-])c1csc(N)n1.[Na+]. The summed E-state index contributed by atoms with van der Waals surface area (Å²) in [5.74, 6) is -2.09. The molecule has 1 fully saturated rings. The van der Waals surface area contributed by atoms with E-state index in [2.05, 4.69) is 30.3 Å². The number of azide groups is 1. The molecule has 0 bridgehead atoms. The molecule has 27 heavy (non-hydrogen) atoms. The van der Waals surface area contributed by atoms with Gasteiger partial charge in [0.1, 0.15) is 18.8 Å². The van der Waals surface area contributed by atoms with Gasteiger partial charge in [-0.05, 0) is 5.53 Å². The summed E-state index contributed by atoms with van der Waals surface area (Å²) >= 11 is 1.03. The molecule has 2 rings (SSSR count). The number of oxime groups is 1. The molecule has 0 spiro atoms. The zero-order valence-corrected chi connectivity index (χ0v) is 17.6. The first-order chi connectivity index (χ1) is 12.2. The molecule has 0 unspecified atom stereocenters. The Morgan fingerprint density at radius 3 is 2.78 bits per heavy atom. The van der Waals surface area contributed by atoms with Crippen LogP contribution >= 0.6 is 11.3 Å². The van der Waals surface area contributed by atoms with Gasteiger partial charge in [-0.15, -0.1) is 11.3 Å². The van der Waals surface area contributed by atoms with Crippen LogP contribution in [0.25, 0.3) is 10.4 Å². The van der Waals surface area contributed by atoms with E-state index >= 15 is 0 Å². The summed E-state index contributed by atoms with van der Waals surface area (Å²) in [6.07, 6.45) is 0. The van der Waals surface area contributed by atoms with Gasteiger partial charge >= 0.3 is 29.6 Å². The maximum absolute atomic E-state index is 12.4. The van der Waals surface area contributed by atoms with E-state index < -0.39 is 40.7 Å². The van der Waals surface area contributed by atoms with Crippen molar-refractivity contribution in [3.05, 3.63) is 21.5 Å². The largest absolute Gasteiger partial charge is 1.00 e. The van der Waals surface area contributed by atoms with E-state index in [1.165, 1.54) is 12.5 Å². The Morgan fingerprint density at radius 2 is 2.30 bits per heavy atom. The van der Waals surface area contributed by atoms with Gasteiger partial charge in [0, 0.05) is 10.3 Å². The van der Waals surface area contributed by atoms with Gasteiger partial charge in [-0.1, -0.05) is 10.3 Å². The van der Waals surface area contributed by atoms with Gasteiger partial charge in [0.15, 0.2) is 21.1 Å². The van der Waals surface area contributed by atoms with E-state index in [4.69, 9.17) is 11.3 Å². The van der Waals surface area contributed by atoms with Gasteiger partial charge < -0.3 is 20.4 Å². The van der Waals surface area contributed by atoms with Crippen LogP contribution in [0.1, 0.15) is 5.69 Å². The number of nitrogens with one attached hydrogen (secondary N) is 1. The molecule has 17 heteroatoms. The minimum absolute atomic E-state index is 0. The summed E-state index contributed by atoms with van der Waals surface area (Å²) in [5.41, 5.74) is 13.6. The van der Waals surface area contributed by atoms with Gasteiger partial charge in [0.25, 0.3) is 11.8 Å². The minimum atomic E-state index is -5.13. The fourth-order valence-electron chi connectivity index (χ4n) is 2.15. The van der Waals surface area contributed by atoms with Crippen LogP contribution < -0.4 is 40.6 Å². The van der Waals surface area contributed by atoms with Crippen molar-refractivity contribution in [2.75, 3.05) is 19.4 Å². The molecule has 2 atom stereocenters. The normalized spacial score (nSPS) is 19.4. The fourth-order valence-corrected chi connectivity index (χ4v) is 3.56. The summed E-state index contributed by atoms with van der Waals surface area (Å²) in [7, 11) is -3.95. The van der Waals surface area contributed by atoms with Crippen molar-refractivity contribution in [3.8, 4) is 0 Å². The summed E-state index contributed by atoms with van der Waals surface area (Å²) in [4.78, 5) is 35.2. The maximum atomic E-state index is 12.4. The predicted octanol–water partition coefficient (Wildman–Crippen LogP) is -4.45. The molecule has 1 aliphatic rings. The number of hydrogen-bond donors (Lipinski definition) is 2. The average Bonchev–Trinajstić information content (AvgIpc) is 2.98. The first-order valence-electron chi connectivity index (χ1n) is 6.64. The van der Waals surface area contributed by atoms with E-state index in [-0.39, 0.29) is 50.4 Å². The van der Waals surface area contributed by atoms with Crippen LogP contribution in [-0.2, 0) is 24.7 Å². The molecule has 0 saturated carbocycles. The molecule has 1 saturated heterocycles. The number of aromatic nitrogens is 1. The standard InChI is InChI=1S/C10H12N8O6S2.Na/c1-24-16-6(4-3-25-10(11)14-4)8(19)15-7-5(2-13-17-12)18(9(7)20)26(21,22)23;/h3,5,7H,2H2,1H3,(H2,11,14)(H,15,19)(H,21,22,23);/q;+1/p-1/t5-,7+;/m1./s1. The van der Waals surface area contributed by atoms with Crippen LogP contribution in [-0.4, -0.2) is 65.5 Å². The number of anilines is 1. The summed E-state index contributed by atoms with van der Waals surface area (Å²) in [5, 5.41) is 10.4. The van der Waals surface area contributed by atoms with E-state index in [9.17, 15) is 22.6 Å². The van der Waals surface area contributed by atoms with E-state index in [0.717, 1.165) is 11.3 Å². The quantitative estimate of drug-likeness (QED) is 0.0632. The number of nitrogens with zero attached hydrogens (tertiary/aromatic N) is 6. The van der Waals surface area contributed by atoms with Crippen molar-refractivity contribution >= 4 is 44.3 Å². The third-order valence-electron chi connectivity index (χ3n) is 3.19. The second-order valence-electron chi connectivity index (χ2n) is 4.72. The van der Waals surface area contributed by atoms with Crippen LogP contribution in [0.3, 0.4) is 0 Å². The number of β-lactam (4-membered cyclic amide) rings is 1. The van der Waals surface area contributed by atoms with Gasteiger partial charge in [0.05, 0.1) is 12.6 Å². The number of thiazole rings is 1. The second-order valence-corrected chi connectivity index (χ2v) is 6.86. The van der Waals surface area contributed by atoms with Crippen molar-refractivity contribution in [2.45, 2.75) is 12.1 Å². The zero-order chi connectivity index (χ0) is 19.5. The summed E-state index contributed by atoms with van der Waals surface area (Å²) in [6.45, 7) is -0.533. The molecule has 140 valence electrons. The Balaban J connectivity index is 0.00000364. The molecule has 3 N–H and O–H groups in total. The summed E-state index contributed by atoms with van der Waals surface area (Å²) < 4.78 is 33.4. The number of nitrogen functional groups attached to an aromatic ring is 1. The molecule has 2 heterocycles. The van der Waals surface area contributed by atoms with E-state index in [0.29, 0.717) is 0 Å². The van der Waals surface area contributed by atoms with Gasteiger partial charge in [-0.2, -0.15) is 0 Å². The third kappa shape index (κ3) is 5.07. The number of carbonyl (C=O) groups is 2. The molecule has 0 aromatic carbocycles. The molecule has 1 aromatic heterocycles. The minimum Gasteiger partial charge on any atom is -0.731 e. The van der Waals surface area contributed by atoms with Crippen LogP contribution in [0, 0.1) is 0 Å². The number of amides is 2. The third-order valence-corrected chi connectivity index (χ3v) is 4.80. The van der Waals surface area contributed by atoms with Gasteiger partial charge in [-0.25, -0.2) is 17.7 Å². The molecule has 1 aromatic rings. The first-order valence-corrected chi connectivity index (χ1v) is 8.88. The number of carbonyl (C=O) groups excluding carboxylic acids is 2. The average molecular weight is 426 g/mol. The van der Waals surface area contributed by atoms with E-state index in [1.807, 2.05) is 0 Å². The van der Waals surface area contributed by atoms with Crippen LogP contribution in [0.5, 0.6) is 0 Å². The molecular weight excluding hydrogens is 415 g/mol. The van der Waals surface area contributed by atoms with Crippen molar-refractivity contribution in [3.63, 3.8) is 0 Å². The Labute approximate surface area is 178 Å². The monoisotopic (exact) mass is 426 g/mol.